The van der Waals surface area contributed by atoms with Crippen molar-refractivity contribution in [2.24, 2.45) is 0 Å². The van der Waals surface area contributed by atoms with Crippen LogP contribution in [0.25, 0.3) is 11.5 Å². The second-order valence-electron chi connectivity index (χ2n) is 6.51. The van der Waals surface area contributed by atoms with Crippen molar-refractivity contribution in [2.45, 2.75) is 31.8 Å². The lowest BCUT2D eigenvalue weighted by Gasteiger charge is -2.12. The fourth-order valence-electron chi connectivity index (χ4n) is 2.67. The van der Waals surface area contributed by atoms with Crippen molar-refractivity contribution >= 4 is 11.6 Å². The Morgan fingerprint density at radius 1 is 1.12 bits per heavy atom. The molecule has 2 N–H and O–H groups in total. The van der Waals surface area contributed by atoms with Gasteiger partial charge in [0.05, 0.1) is 0 Å². The molecule has 132 valence electrons. The average Bonchev–Trinajstić information content (AvgIpc) is 3.34. The Hall–Kier alpha value is -3.15. The van der Waals surface area contributed by atoms with Crippen LogP contribution in [0.15, 0.2) is 59.0 Å². The molecule has 1 aliphatic rings. The molecule has 1 atom stereocenters. The molecule has 6 heteroatoms. The summed E-state index contributed by atoms with van der Waals surface area (Å²) >= 11 is 0. The molecule has 1 fully saturated rings. The Bertz CT molecular complexity index is 903. The van der Waals surface area contributed by atoms with Gasteiger partial charge in [-0.3, -0.25) is 4.79 Å². The van der Waals surface area contributed by atoms with Crippen molar-refractivity contribution in [2.75, 3.05) is 5.32 Å². The largest absolute Gasteiger partial charge is 0.418 e. The van der Waals surface area contributed by atoms with Gasteiger partial charge in [-0.15, -0.1) is 10.2 Å². The molecule has 1 aromatic heterocycles. The summed E-state index contributed by atoms with van der Waals surface area (Å²) in [6, 6.07) is 17.2. The number of benzene rings is 2. The minimum absolute atomic E-state index is 0.0343. The van der Waals surface area contributed by atoms with E-state index in [4.69, 9.17) is 4.42 Å². The molecule has 0 saturated heterocycles. The van der Waals surface area contributed by atoms with E-state index in [9.17, 15) is 4.79 Å². The van der Waals surface area contributed by atoms with Crippen LogP contribution in [0.4, 0.5) is 5.69 Å². The molecular weight excluding hydrogens is 328 g/mol. The van der Waals surface area contributed by atoms with Crippen molar-refractivity contribution in [3.8, 4) is 11.5 Å². The molecule has 0 radical (unpaired) electrons. The third kappa shape index (κ3) is 3.74. The fourth-order valence-corrected chi connectivity index (χ4v) is 2.67. The van der Waals surface area contributed by atoms with Crippen LogP contribution in [0.2, 0.25) is 0 Å². The van der Waals surface area contributed by atoms with Crippen LogP contribution in [0.5, 0.6) is 0 Å². The molecule has 4 rings (SSSR count). The highest BCUT2D eigenvalue weighted by Gasteiger charge is 2.24. The summed E-state index contributed by atoms with van der Waals surface area (Å²) < 4.78 is 5.78. The van der Waals surface area contributed by atoms with E-state index >= 15 is 0 Å². The van der Waals surface area contributed by atoms with Crippen LogP contribution in [-0.2, 0) is 0 Å². The van der Waals surface area contributed by atoms with Gasteiger partial charge < -0.3 is 15.1 Å². The molecule has 1 heterocycles. The van der Waals surface area contributed by atoms with Gasteiger partial charge in [0.1, 0.15) is 6.04 Å². The van der Waals surface area contributed by atoms with Gasteiger partial charge in [-0.05, 0) is 50.1 Å². The summed E-state index contributed by atoms with van der Waals surface area (Å²) in [5.41, 5.74) is 2.36. The highest BCUT2D eigenvalue weighted by atomic mass is 16.4. The summed E-state index contributed by atoms with van der Waals surface area (Å²) in [4.78, 5) is 12.2. The number of rotatable bonds is 6. The van der Waals surface area contributed by atoms with E-state index in [-0.39, 0.29) is 11.9 Å². The summed E-state index contributed by atoms with van der Waals surface area (Å²) in [5, 5.41) is 14.6. The monoisotopic (exact) mass is 348 g/mol. The van der Waals surface area contributed by atoms with Crippen LogP contribution < -0.4 is 10.6 Å². The Labute approximate surface area is 151 Å². The van der Waals surface area contributed by atoms with E-state index in [1.54, 1.807) is 0 Å². The topological polar surface area (TPSA) is 80.0 Å². The standard InChI is InChI=1S/C20H20N4O2/c1-13(19-23-24-20(26-19)14-6-3-2-4-7-14)21-17-9-5-8-15(12-17)18(25)22-16-10-11-16/h2-9,12-13,16,21H,10-11H2,1H3,(H,22,25)/t13-/m1/s1. The van der Waals surface area contributed by atoms with Gasteiger partial charge in [0.2, 0.25) is 11.8 Å². The first-order chi connectivity index (χ1) is 12.7. The second kappa shape index (κ2) is 7.00. The normalized spacial score (nSPS) is 14.7. The van der Waals surface area contributed by atoms with E-state index in [1.807, 2.05) is 61.5 Å². The van der Waals surface area contributed by atoms with Gasteiger partial charge in [0.15, 0.2) is 0 Å². The zero-order valence-corrected chi connectivity index (χ0v) is 14.5. The van der Waals surface area contributed by atoms with E-state index < -0.39 is 0 Å². The van der Waals surface area contributed by atoms with E-state index in [1.165, 1.54) is 0 Å². The molecule has 26 heavy (non-hydrogen) atoms. The maximum absolute atomic E-state index is 12.2. The molecule has 0 spiro atoms. The lowest BCUT2D eigenvalue weighted by molar-refractivity contribution is 0.0951. The van der Waals surface area contributed by atoms with Crippen molar-refractivity contribution in [3.63, 3.8) is 0 Å². The lowest BCUT2D eigenvalue weighted by Crippen LogP contribution is -2.25. The maximum Gasteiger partial charge on any atom is 0.251 e. The third-order valence-corrected chi connectivity index (χ3v) is 4.25. The summed E-state index contributed by atoms with van der Waals surface area (Å²) in [7, 11) is 0. The SMILES string of the molecule is C[C@@H](Nc1cccc(C(=O)NC2CC2)c1)c1nnc(-c2ccccc2)o1. The molecular formula is C20H20N4O2. The van der Waals surface area contributed by atoms with Gasteiger partial charge in [0, 0.05) is 22.9 Å². The Morgan fingerprint density at radius 2 is 1.92 bits per heavy atom. The van der Waals surface area contributed by atoms with Crippen LogP contribution >= 0.6 is 0 Å². The van der Waals surface area contributed by atoms with Gasteiger partial charge in [-0.2, -0.15) is 0 Å². The van der Waals surface area contributed by atoms with Crippen LogP contribution in [0.1, 0.15) is 42.1 Å². The van der Waals surface area contributed by atoms with Crippen LogP contribution in [0.3, 0.4) is 0 Å². The highest BCUT2D eigenvalue weighted by Crippen LogP contribution is 2.24. The Kier molecular flexibility index (Phi) is 4.39. The summed E-state index contributed by atoms with van der Waals surface area (Å²) in [6.45, 7) is 1.94. The molecule has 2 aromatic carbocycles. The Morgan fingerprint density at radius 3 is 2.69 bits per heavy atom. The number of hydrogen-bond donors (Lipinski definition) is 2. The number of hydrogen-bond acceptors (Lipinski definition) is 5. The zero-order valence-electron chi connectivity index (χ0n) is 14.5. The first kappa shape index (κ1) is 16.3. The molecule has 0 bridgehead atoms. The van der Waals surface area contributed by atoms with Crippen LogP contribution in [0, 0.1) is 0 Å². The first-order valence-electron chi connectivity index (χ1n) is 8.75. The molecule has 0 aliphatic heterocycles. The van der Waals surface area contributed by atoms with E-state index in [2.05, 4.69) is 20.8 Å². The van der Waals surface area contributed by atoms with E-state index in [0.29, 0.717) is 23.4 Å². The van der Waals surface area contributed by atoms with Crippen molar-refractivity contribution < 1.29 is 9.21 Å². The predicted molar refractivity (Wildman–Crippen MR) is 98.7 cm³/mol. The zero-order chi connectivity index (χ0) is 17.9. The minimum atomic E-state index is -0.179. The van der Waals surface area contributed by atoms with Crippen molar-refractivity contribution in [1.82, 2.24) is 15.5 Å². The maximum atomic E-state index is 12.2. The van der Waals surface area contributed by atoms with Crippen LogP contribution in [-0.4, -0.2) is 22.1 Å². The number of anilines is 1. The molecule has 3 aromatic rings. The first-order valence-corrected chi connectivity index (χ1v) is 8.75. The molecule has 1 amide bonds. The predicted octanol–water partition coefficient (Wildman–Crippen LogP) is 3.80. The van der Waals surface area contributed by atoms with Gasteiger partial charge in [0.25, 0.3) is 5.91 Å². The average molecular weight is 348 g/mol. The number of amides is 1. The summed E-state index contributed by atoms with van der Waals surface area (Å²) in [6.07, 6.45) is 2.14. The molecule has 1 aliphatic carbocycles. The second-order valence-corrected chi connectivity index (χ2v) is 6.51. The molecule has 6 nitrogen and oxygen atoms in total. The molecule has 0 unspecified atom stereocenters. The van der Waals surface area contributed by atoms with E-state index in [0.717, 1.165) is 24.1 Å². The van der Waals surface area contributed by atoms with Gasteiger partial charge >= 0.3 is 0 Å². The number of aromatic nitrogens is 2. The lowest BCUT2D eigenvalue weighted by atomic mass is 10.1. The number of carbonyl (C=O) groups excluding carboxylic acids is 1. The number of carbonyl (C=O) groups is 1. The van der Waals surface area contributed by atoms with Crippen molar-refractivity contribution in [1.29, 1.82) is 0 Å². The van der Waals surface area contributed by atoms with Gasteiger partial charge in [-0.25, -0.2) is 0 Å². The quantitative estimate of drug-likeness (QED) is 0.708. The molecule has 1 saturated carbocycles. The highest BCUT2D eigenvalue weighted by molar-refractivity contribution is 5.95. The van der Waals surface area contributed by atoms with Gasteiger partial charge in [-0.1, -0.05) is 24.3 Å². The Balaban J connectivity index is 1.45. The summed E-state index contributed by atoms with van der Waals surface area (Å²) in [5.74, 6) is 0.955. The fraction of sp³-hybridized carbons (Fsp3) is 0.250. The number of nitrogens with one attached hydrogen (secondary N) is 2. The third-order valence-electron chi connectivity index (χ3n) is 4.25. The van der Waals surface area contributed by atoms with Crippen molar-refractivity contribution in [3.05, 3.63) is 66.1 Å². The number of nitrogens with zero attached hydrogens (tertiary/aromatic N) is 2. The smallest absolute Gasteiger partial charge is 0.251 e. The minimum Gasteiger partial charge on any atom is -0.418 e.